The van der Waals surface area contributed by atoms with E-state index in [9.17, 15) is 14.9 Å². The van der Waals surface area contributed by atoms with E-state index in [1.807, 2.05) is 0 Å². The van der Waals surface area contributed by atoms with Crippen molar-refractivity contribution in [3.63, 3.8) is 0 Å². The van der Waals surface area contributed by atoms with Gasteiger partial charge in [0.05, 0.1) is 4.92 Å². The summed E-state index contributed by atoms with van der Waals surface area (Å²) in [6.07, 6.45) is 5.49. The second-order valence-electron chi connectivity index (χ2n) is 5.63. The standard InChI is InChI=1S/C15H20N2O4/c1-10-6-3-2-4-8-12(10)16-13-9-5-7-11(15(18)19)14(13)17(20)21/h5,7,9-10,12,16H,2-4,6,8H2,1H3,(H,18,19). The van der Waals surface area contributed by atoms with Crippen molar-refractivity contribution in [1.29, 1.82) is 0 Å². The third kappa shape index (κ3) is 3.51. The number of hydrogen-bond donors (Lipinski definition) is 2. The number of nitro benzene ring substituents is 1. The molecule has 21 heavy (non-hydrogen) atoms. The molecule has 1 aromatic carbocycles. The van der Waals surface area contributed by atoms with E-state index in [2.05, 4.69) is 12.2 Å². The van der Waals surface area contributed by atoms with Gasteiger partial charge in [0.2, 0.25) is 0 Å². The highest BCUT2D eigenvalue weighted by Crippen LogP contribution is 2.32. The lowest BCUT2D eigenvalue weighted by atomic mass is 9.96. The van der Waals surface area contributed by atoms with Crippen molar-refractivity contribution in [1.82, 2.24) is 0 Å². The summed E-state index contributed by atoms with van der Waals surface area (Å²) in [5.41, 5.74) is -0.314. The molecule has 0 aliphatic heterocycles. The van der Waals surface area contributed by atoms with Crippen molar-refractivity contribution >= 4 is 17.3 Å². The minimum absolute atomic E-state index is 0.148. The first-order chi connectivity index (χ1) is 10.0. The molecule has 0 aromatic heterocycles. The second kappa shape index (κ2) is 6.56. The minimum Gasteiger partial charge on any atom is -0.477 e. The molecular weight excluding hydrogens is 272 g/mol. The molecule has 0 radical (unpaired) electrons. The van der Waals surface area contributed by atoms with Gasteiger partial charge in [-0.05, 0) is 30.9 Å². The predicted octanol–water partition coefficient (Wildman–Crippen LogP) is 3.67. The molecule has 1 saturated carbocycles. The van der Waals surface area contributed by atoms with Crippen LogP contribution in [0.15, 0.2) is 18.2 Å². The summed E-state index contributed by atoms with van der Waals surface area (Å²) in [4.78, 5) is 21.8. The normalized spacial score (nSPS) is 22.3. The van der Waals surface area contributed by atoms with E-state index in [4.69, 9.17) is 5.11 Å². The Morgan fingerprint density at radius 2 is 2.05 bits per heavy atom. The summed E-state index contributed by atoms with van der Waals surface area (Å²) in [6, 6.07) is 4.54. The highest BCUT2D eigenvalue weighted by atomic mass is 16.6. The van der Waals surface area contributed by atoms with Crippen molar-refractivity contribution in [2.45, 2.75) is 45.1 Å². The number of aromatic carboxylic acids is 1. The van der Waals surface area contributed by atoms with Gasteiger partial charge in [-0.2, -0.15) is 0 Å². The first-order valence-electron chi connectivity index (χ1n) is 7.28. The van der Waals surface area contributed by atoms with E-state index in [1.54, 1.807) is 12.1 Å². The molecule has 2 atom stereocenters. The molecule has 1 aliphatic rings. The van der Waals surface area contributed by atoms with Crippen molar-refractivity contribution in [3.8, 4) is 0 Å². The van der Waals surface area contributed by atoms with Crippen LogP contribution in [0.5, 0.6) is 0 Å². The molecule has 0 spiro atoms. The molecule has 6 heteroatoms. The summed E-state index contributed by atoms with van der Waals surface area (Å²) in [5, 5.41) is 23.6. The Morgan fingerprint density at radius 1 is 1.33 bits per heavy atom. The molecule has 2 N–H and O–H groups in total. The van der Waals surface area contributed by atoms with Crippen LogP contribution in [0.3, 0.4) is 0 Å². The molecule has 0 heterocycles. The number of para-hydroxylation sites is 1. The predicted molar refractivity (Wildman–Crippen MR) is 79.7 cm³/mol. The van der Waals surface area contributed by atoms with Gasteiger partial charge < -0.3 is 10.4 Å². The number of carbonyl (C=O) groups is 1. The van der Waals surface area contributed by atoms with E-state index in [-0.39, 0.29) is 17.3 Å². The number of nitro groups is 1. The molecule has 0 amide bonds. The monoisotopic (exact) mass is 292 g/mol. The molecule has 1 fully saturated rings. The average molecular weight is 292 g/mol. The van der Waals surface area contributed by atoms with Crippen LogP contribution in [0.25, 0.3) is 0 Å². The summed E-state index contributed by atoms with van der Waals surface area (Å²) in [7, 11) is 0. The zero-order valence-electron chi connectivity index (χ0n) is 12.0. The van der Waals surface area contributed by atoms with E-state index in [0.717, 1.165) is 19.3 Å². The highest BCUT2D eigenvalue weighted by Gasteiger charge is 2.27. The zero-order chi connectivity index (χ0) is 15.4. The Balaban J connectivity index is 2.32. The fourth-order valence-corrected chi connectivity index (χ4v) is 2.94. The first-order valence-corrected chi connectivity index (χ1v) is 7.28. The van der Waals surface area contributed by atoms with Crippen LogP contribution >= 0.6 is 0 Å². The van der Waals surface area contributed by atoms with Gasteiger partial charge in [0, 0.05) is 6.04 Å². The third-order valence-corrected chi connectivity index (χ3v) is 4.15. The van der Waals surface area contributed by atoms with Gasteiger partial charge >= 0.3 is 11.7 Å². The second-order valence-corrected chi connectivity index (χ2v) is 5.63. The van der Waals surface area contributed by atoms with Gasteiger partial charge in [0.1, 0.15) is 11.3 Å². The Morgan fingerprint density at radius 3 is 2.71 bits per heavy atom. The largest absolute Gasteiger partial charge is 0.477 e. The number of benzene rings is 1. The maximum Gasteiger partial charge on any atom is 0.342 e. The van der Waals surface area contributed by atoms with Gasteiger partial charge in [0.25, 0.3) is 0 Å². The lowest BCUT2D eigenvalue weighted by molar-refractivity contribution is -0.384. The number of carboxylic acids is 1. The maximum atomic E-state index is 11.2. The molecular formula is C15H20N2O4. The fourth-order valence-electron chi connectivity index (χ4n) is 2.94. The molecule has 1 aromatic rings. The Bertz CT molecular complexity index is 544. The molecule has 2 unspecified atom stereocenters. The van der Waals surface area contributed by atoms with E-state index < -0.39 is 10.9 Å². The Kier molecular flexibility index (Phi) is 4.77. The molecule has 114 valence electrons. The summed E-state index contributed by atoms with van der Waals surface area (Å²) in [5.74, 6) is -0.861. The van der Waals surface area contributed by atoms with Gasteiger partial charge in [-0.25, -0.2) is 4.79 Å². The van der Waals surface area contributed by atoms with E-state index in [1.165, 1.54) is 18.9 Å². The average Bonchev–Trinajstić information content (AvgIpc) is 2.63. The van der Waals surface area contributed by atoms with Crippen molar-refractivity contribution in [2.24, 2.45) is 5.92 Å². The number of nitrogens with one attached hydrogen (secondary N) is 1. The minimum atomic E-state index is -1.28. The number of nitrogens with zero attached hydrogens (tertiary/aromatic N) is 1. The van der Waals surface area contributed by atoms with Crippen LogP contribution in [0.2, 0.25) is 0 Å². The molecule has 0 saturated heterocycles. The summed E-state index contributed by atoms with van der Waals surface area (Å²) < 4.78 is 0. The van der Waals surface area contributed by atoms with Gasteiger partial charge in [-0.1, -0.05) is 32.3 Å². The quantitative estimate of drug-likeness (QED) is 0.501. The number of rotatable bonds is 4. The van der Waals surface area contributed by atoms with E-state index in [0.29, 0.717) is 11.6 Å². The van der Waals surface area contributed by atoms with Crippen LogP contribution in [0.4, 0.5) is 11.4 Å². The third-order valence-electron chi connectivity index (χ3n) is 4.15. The fraction of sp³-hybridized carbons (Fsp3) is 0.533. The lowest BCUT2D eigenvalue weighted by Gasteiger charge is -2.24. The molecule has 2 rings (SSSR count). The zero-order valence-corrected chi connectivity index (χ0v) is 12.0. The summed E-state index contributed by atoms with van der Waals surface area (Å²) in [6.45, 7) is 2.13. The SMILES string of the molecule is CC1CCCCCC1Nc1cccc(C(=O)O)c1[N+](=O)[O-]. The van der Waals surface area contributed by atoms with Gasteiger partial charge in [0.15, 0.2) is 0 Å². The van der Waals surface area contributed by atoms with Crippen LogP contribution < -0.4 is 5.32 Å². The maximum absolute atomic E-state index is 11.2. The number of carboxylic acid groups (broad SMARTS) is 1. The topological polar surface area (TPSA) is 92.5 Å². The molecule has 1 aliphatic carbocycles. The highest BCUT2D eigenvalue weighted by molar-refractivity contribution is 5.95. The van der Waals surface area contributed by atoms with Gasteiger partial charge in [-0.3, -0.25) is 10.1 Å². The Hall–Kier alpha value is -2.11. The summed E-state index contributed by atoms with van der Waals surface area (Å²) >= 11 is 0. The first kappa shape index (κ1) is 15.3. The van der Waals surface area contributed by atoms with Crippen LogP contribution in [-0.4, -0.2) is 22.0 Å². The van der Waals surface area contributed by atoms with Gasteiger partial charge in [-0.15, -0.1) is 0 Å². The Labute approximate surface area is 123 Å². The van der Waals surface area contributed by atoms with Crippen LogP contribution in [0, 0.1) is 16.0 Å². The van der Waals surface area contributed by atoms with Crippen molar-refractivity contribution in [2.75, 3.05) is 5.32 Å². The number of anilines is 1. The molecule has 0 bridgehead atoms. The van der Waals surface area contributed by atoms with Crippen LogP contribution in [-0.2, 0) is 0 Å². The smallest absolute Gasteiger partial charge is 0.342 e. The lowest BCUT2D eigenvalue weighted by Crippen LogP contribution is -2.26. The van der Waals surface area contributed by atoms with Crippen LogP contribution in [0.1, 0.15) is 49.4 Å². The van der Waals surface area contributed by atoms with E-state index >= 15 is 0 Å². The van der Waals surface area contributed by atoms with Crippen molar-refractivity contribution in [3.05, 3.63) is 33.9 Å². The van der Waals surface area contributed by atoms with Crippen molar-refractivity contribution < 1.29 is 14.8 Å². The number of hydrogen-bond acceptors (Lipinski definition) is 4. The molecule has 6 nitrogen and oxygen atoms in total.